The standard InChI is InChI=1S/C15H20FNO/c1-10-4-6-12(7-5-10)11(2)15(3)13(8-16)9-17-14(15)18/h4-7,11,13H,8-9H2,1-3H3,(H,17,18)/t11?,13-,15+/m0/s1. The monoisotopic (exact) mass is 249 g/mol. The predicted molar refractivity (Wildman–Crippen MR) is 70.2 cm³/mol. The van der Waals surface area contributed by atoms with Crippen molar-refractivity contribution in [1.29, 1.82) is 0 Å². The molecular formula is C15H20FNO. The molecule has 0 aliphatic carbocycles. The molecule has 1 fully saturated rings. The molecule has 2 rings (SSSR count). The van der Waals surface area contributed by atoms with Crippen molar-refractivity contribution in [1.82, 2.24) is 5.32 Å². The summed E-state index contributed by atoms with van der Waals surface area (Å²) in [6, 6.07) is 8.14. The van der Waals surface area contributed by atoms with Crippen molar-refractivity contribution < 1.29 is 9.18 Å². The van der Waals surface area contributed by atoms with E-state index in [2.05, 4.69) is 5.32 Å². The summed E-state index contributed by atoms with van der Waals surface area (Å²) in [6.07, 6.45) is 0. The fourth-order valence-corrected chi connectivity index (χ4v) is 2.77. The van der Waals surface area contributed by atoms with Gasteiger partial charge in [-0.1, -0.05) is 36.8 Å². The van der Waals surface area contributed by atoms with Gasteiger partial charge in [0.2, 0.25) is 5.91 Å². The van der Waals surface area contributed by atoms with Crippen LogP contribution >= 0.6 is 0 Å². The van der Waals surface area contributed by atoms with Crippen molar-refractivity contribution in [2.24, 2.45) is 11.3 Å². The lowest BCUT2D eigenvalue weighted by Crippen LogP contribution is -2.37. The van der Waals surface area contributed by atoms with Crippen molar-refractivity contribution in [3.63, 3.8) is 0 Å². The van der Waals surface area contributed by atoms with Gasteiger partial charge in [0.15, 0.2) is 0 Å². The number of alkyl halides is 1. The average molecular weight is 249 g/mol. The zero-order chi connectivity index (χ0) is 13.3. The number of nitrogens with one attached hydrogen (secondary N) is 1. The molecule has 1 aliphatic rings. The van der Waals surface area contributed by atoms with Gasteiger partial charge in [-0.15, -0.1) is 0 Å². The average Bonchev–Trinajstić information content (AvgIpc) is 2.67. The van der Waals surface area contributed by atoms with Crippen molar-refractivity contribution in [3.05, 3.63) is 35.4 Å². The second kappa shape index (κ2) is 4.71. The molecule has 2 nitrogen and oxygen atoms in total. The van der Waals surface area contributed by atoms with E-state index in [4.69, 9.17) is 0 Å². The Hall–Kier alpha value is -1.38. The first-order chi connectivity index (χ1) is 8.50. The van der Waals surface area contributed by atoms with Gasteiger partial charge >= 0.3 is 0 Å². The third-order valence-corrected chi connectivity index (χ3v) is 4.51. The quantitative estimate of drug-likeness (QED) is 0.877. The van der Waals surface area contributed by atoms with Gasteiger partial charge in [0.1, 0.15) is 0 Å². The third-order valence-electron chi connectivity index (χ3n) is 4.51. The second-order valence-electron chi connectivity index (χ2n) is 5.48. The Kier molecular flexibility index (Phi) is 3.42. The highest BCUT2D eigenvalue weighted by molar-refractivity contribution is 5.86. The van der Waals surface area contributed by atoms with E-state index in [1.165, 1.54) is 5.56 Å². The van der Waals surface area contributed by atoms with Crippen LogP contribution in [-0.4, -0.2) is 19.1 Å². The number of carbonyl (C=O) groups excluding carboxylic acids is 1. The first-order valence-electron chi connectivity index (χ1n) is 6.41. The zero-order valence-electron chi connectivity index (χ0n) is 11.2. The minimum atomic E-state index is -0.649. The number of amides is 1. The first kappa shape index (κ1) is 13.1. The van der Waals surface area contributed by atoms with Crippen molar-refractivity contribution >= 4 is 5.91 Å². The van der Waals surface area contributed by atoms with E-state index in [1.54, 1.807) is 0 Å². The number of rotatable bonds is 3. The van der Waals surface area contributed by atoms with E-state index in [1.807, 2.05) is 45.0 Å². The summed E-state index contributed by atoms with van der Waals surface area (Å²) < 4.78 is 13.1. The van der Waals surface area contributed by atoms with Crippen molar-refractivity contribution in [2.75, 3.05) is 13.2 Å². The highest BCUT2D eigenvalue weighted by Crippen LogP contribution is 2.45. The zero-order valence-corrected chi connectivity index (χ0v) is 11.2. The molecule has 1 amide bonds. The molecule has 1 aromatic carbocycles. The Morgan fingerprint density at radius 1 is 1.44 bits per heavy atom. The SMILES string of the molecule is Cc1ccc(C(C)[C@@]2(C)C(=O)NC[C@@H]2CF)cc1. The van der Waals surface area contributed by atoms with E-state index < -0.39 is 12.1 Å². The molecule has 1 aromatic rings. The minimum absolute atomic E-state index is 0.0151. The number of hydrogen-bond donors (Lipinski definition) is 1. The van der Waals surface area contributed by atoms with Gasteiger partial charge in [0.25, 0.3) is 0 Å². The van der Waals surface area contributed by atoms with Crippen LogP contribution in [0.1, 0.15) is 30.9 Å². The summed E-state index contributed by atoms with van der Waals surface area (Å²) in [7, 11) is 0. The molecule has 3 atom stereocenters. The minimum Gasteiger partial charge on any atom is -0.355 e. The van der Waals surface area contributed by atoms with Crippen LogP contribution in [-0.2, 0) is 4.79 Å². The fraction of sp³-hybridized carbons (Fsp3) is 0.533. The highest BCUT2D eigenvalue weighted by atomic mass is 19.1. The number of hydrogen-bond acceptors (Lipinski definition) is 1. The van der Waals surface area contributed by atoms with Gasteiger partial charge < -0.3 is 5.32 Å². The molecule has 0 radical (unpaired) electrons. The van der Waals surface area contributed by atoms with Gasteiger partial charge in [-0.05, 0) is 25.3 Å². The van der Waals surface area contributed by atoms with Crippen LogP contribution in [0.4, 0.5) is 4.39 Å². The van der Waals surface area contributed by atoms with E-state index in [0.29, 0.717) is 6.54 Å². The summed E-state index contributed by atoms with van der Waals surface area (Å²) >= 11 is 0. The lowest BCUT2D eigenvalue weighted by atomic mass is 9.68. The van der Waals surface area contributed by atoms with Crippen LogP contribution in [0.25, 0.3) is 0 Å². The maximum atomic E-state index is 13.1. The lowest BCUT2D eigenvalue weighted by Gasteiger charge is -2.33. The van der Waals surface area contributed by atoms with Gasteiger partial charge in [-0.25, -0.2) is 0 Å². The topological polar surface area (TPSA) is 29.1 Å². The molecule has 3 heteroatoms. The van der Waals surface area contributed by atoms with Gasteiger partial charge in [-0.2, -0.15) is 0 Å². The molecule has 0 aromatic heterocycles. The molecule has 1 saturated heterocycles. The molecule has 0 spiro atoms. The molecule has 0 saturated carbocycles. The normalized spacial score (nSPS) is 29.1. The van der Waals surface area contributed by atoms with Crippen molar-refractivity contribution in [3.8, 4) is 0 Å². The van der Waals surface area contributed by atoms with Gasteiger partial charge in [-0.3, -0.25) is 9.18 Å². The van der Waals surface area contributed by atoms with Crippen LogP contribution in [0, 0.1) is 18.3 Å². The third kappa shape index (κ3) is 1.92. The fourth-order valence-electron chi connectivity index (χ4n) is 2.77. The summed E-state index contributed by atoms with van der Waals surface area (Å²) in [5.41, 5.74) is 1.64. The van der Waals surface area contributed by atoms with Crippen LogP contribution in [0.15, 0.2) is 24.3 Å². The Bertz CT molecular complexity index is 442. The summed E-state index contributed by atoms with van der Waals surface area (Å²) in [4.78, 5) is 12.1. The largest absolute Gasteiger partial charge is 0.355 e. The van der Waals surface area contributed by atoms with E-state index in [9.17, 15) is 9.18 Å². The molecular weight excluding hydrogens is 229 g/mol. The van der Waals surface area contributed by atoms with Crippen LogP contribution in [0.3, 0.4) is 0 Å². The summed E-state index contributed by atoms with van der Waals surface area (Å²) in [5.74, 6) is -0.249. The number of halogens is 1. The van der Waals surface area contributed by atoms with Crippen molar-refractivity contribution in [2.45, 2.75) is 26.7 Å². The molecule has 0 bridgehead atoms. The van der Waals surface area contributed by atoms with E-state index in [0.717, 1.165) is 5.56 Å². The second-order valence-corrected chi connectivity index (χ2v) is 5.48. The number of benzene rings is 1. The number of carbonyl (C=O) groups is 1. The van der Waals surface area contributed by atoms with Crippen LogP contribution in [0.2, 0.25) is 0 Å². The highest BCUT2D eigenvalue weighted by Gasteiger charge is 2.50. The smallest absolute Gasteiger partial charge is 0.227 e. The van der Waals surface area contributed by atoms with Gasteiger partial charge in [0, 0.05) is 12.5 Å². The Morgan fingerprint density at radius 2 is 2.06 bits per heavy atom. The molecule has 1 heterocycles. The lowest BCUT2D eigenvalue weighted by molar-refractivity contribution is -0.129. The number of aryl methyl sites for hydroxylation is 1. The molecule has 1 unspecified atom stereocenters. The molecule has 1 aliphatic heterocycles. The molecule has 98 valence electrons. The maximum Gasteiger partial charge on any atom is 0.227 e. The summed E-state index contributed by atoms with van der Waals surface area (Å²) in [6.45, 7) is 5.92. The summed E-state index contributed by atoms with van der Waals surface area (Å²) in [5, 5.41) is 2.79. The Balaban J connectivity index is 2.33. The molecule has 18 heavy (non-hydrogen) atoms. The Labute approximate surface area is 108 Å². The predicted octanol–water partition coefficient (Wildman–Crippen LogP) is 2.82. The molecule has 1 N–H and O–H groups in total. The van der Waals surface area contributed by atoms with E-state index >= 15 is 0 Å². The van der Waals surface area contributed by atoms with Crippen LogP contribution in [0.5, 0.6) is 0 Å². The van der Waals surface area contributed by atoms with E-state index in [-0.39, 0.29) is 17.7 Å². The first-order valence-corrected chi connectivity index (χ1v) is 6.41. The maximum absolute atomic E-state index is 13.1. The Morgan fingerprint density at radius 3 is 2.61 bits per heavy atom. The van der Waals surface area contributed by atoms with Gasteiger partial charge in [0.05, 0.1) is 12.1 Å². The van der Waals surface area contributed by atoms with Crippen LogP contribution < -0.4 is 5.32 Å².